The van der Waals surface area contributed by atoms with E-state index in [1.54, 1.807) is 6.92 Å². The maximum Gasteiger partial charge on any atom is 0.312 e. The number of β-amino-alcohol motifs (C(OH)–C–C–N with tert-alkyl or cyclic N) is 1. The number of nitrogens with one attached hydrogen (secondary N) is 1. The second kappa shape index (κ2) is 8.05. The lowest BCUT2D eigenvalue weighted by Crippen LogP contribution is -2.56. The Hall–Kier alpha value is -1.19. The summed E-state index contributed by atoms with van der Waals surface area (Å²) in [6, 6.07) is -0.858. The highest BCUT2D eigenvalue weighted by molar-refractivity contribution is 9.09. The zero-order valence-corrected chi connectivity index (χ0v) is 17.2. The Kier molecular flexibility index (Phi) is 6.12. The van der Waals surface area contributed by atoms with E-state index in [1.165, 1.54) is 4.90 Å². The molecule has 3 aliphatic heterocycles. The molecular weight excluding hydrogens is 420 g/mol. The third kappa shape index (κ3) is 3.17. The lowest BCUT2D eigenvalue weighted by molar-refractivity contribution is -0.154. The molecule has 9 heteroatoms. The number of ether oxygens (including phenoxy) is 2. The van der Waals surface area contributed by atoms with E-state index in [4.69, 9.17) is 9.47 Å². The second-order valence-electron chi connectivity index (χ2n) is 7.32. The fourth-order valence-electron chi connectivity index (χ4n) is 4.77. The van der Waals surface area contributed by atoms with Crippen LogP contribution in [0.3, 0.4) is 0 Å². The molecule has 3 saturated heterocycles. The van der Waals surface area contributed by atoms with Crippen molar-refractivity contribution in [1.82, 2.24) is 10.2 Å². The number of esters is 1. The van der Waals surface area contributed by atoms with Crippen LogP contribution in [0.2, 0.25) is 0 Å². The molecule has 3 heterocycles. The molecule has 2 amide bonds. The molecule has 6 atom stereocenters. The van der Waals surface area contributed by atoms with Gasteiger partial charge in [-0.15, -0.1) is 0 Å². The average molecular weight is 447 g/mol. The summed E-state index contributed by atoms with van der Waals surface area (Å²) >= 11 is 3.56. The van der Waals surface area contributed by atoms with Crippen LogP contribution >= 0.6 is 15.9 Å². The third-order valence-corrected chi connectivity index (χ3v) is 6.61. The van der Waals surface area contributed by atoms with Crippen LogP contribution in [0.15, 0.2) is 0 Å². The molecule has 0 radical (unpaired) electrons. The highest BCUT2D eigenvalue weighted by Gasteiger charge is 2.76. The minimum Gasteiger partial charge on any atom is -0.466 e. The molecular formula is C18H27BrN2O6. The molecule has 1 unspecified atom stereocenters. The molecule has 3 rings (SSSR count). The summed E-state index contributed by atoms with van der Waals surface area (Å²) in [6.07, 6.45) is 1.72. The van der Waals surface area contributed by atoms with Gasteiger partial charge >= 0.3 is 5.97 Å². The van der Waals surface area contributed by atoms with E-state index in [0.29, 0.717) is 13.0 Å². The first-order chi connectivity index (χ1) is 12.9. The van der Waals surface area contributed by atoms with Crippen molar-refractivity contribution in [2.45, 2.75) is 55.7 Å². The summed E-state index contributed by atoms with van der Waals surface area (Å²) < 4.78 is 11.4. The number of carbonyl (C=O) groups is 3. The van der Waals surface area contributed by atoms with E-state index in [2.05, 4.69) is 21.2 Å². The minimum atomic E-state index is -1.07. The number of alkyl halides is 1. The standard InChI is InChI=1S/C18H27BrN2O6/c1-3-5-6-20-15(23)14-18-9-10(19)13(27-18)11(17(25)26-4-2)12(18)16(24)21(14)7-8-22/h10-14,22H,3-9H2,1-2H3,(H,20,23)/t10?,11-,12+,13-,14-,18+/m1/s1. The summed E-state index contributed by atoms with van der Waals surface area (Å²) in [6.45, 7) is 4.23. The number of hydrogen-bond acceptors (Lipinski definition) is 6. The number of fused-ring (bicyclic) bond motifs is 1. The maximum atomic E-state index is 13.2. The molecule has 0 aromatic carbocycles. The Morgan fingerprint density at radius 3 is 2.81 bits per heavy atom. The smallest absolute Gasteiger partial charge is 0.312 e. The maximum absolute atomic E-state index is 13.2. The van der Waals surface area contributed by atoms with Crippen LogP contribution in [-0.4, -0.2) is 76.7 Å². The van der Waals surface area contributed by atoms with Gasteiger partial charge in [-0.05, 0) is 19.8 Å². The Bertz CT molecular complexity index is 617. The lowest BCUT2D eigenvalue weighted by Gasteiger charge is -2.33. The summed E-state index contributed by atoms with van der Waals surface area (Å²) in [7, 11) is 0. The van der Waals surface area contributed by atoms with Crippen LogP contribution in [0.4, 0.5) is 0 Å². The Labute approximate surface area is 167 Å². The molecule has 0 saturated carbocycles. The normalized spacial score (nSPS) is 36.8. The number of nitrogens with zero attached hydrogens (tertiary/aromatic N) is 1. The fourth-order valence-corrected chi connectivity index (χ4v) is 5.71. The fraction of sp³-hybridized carbons (Fsp3) is 0.833. The van der Waals surface area contributed by atoms with E-state index in [0.717, 1.165) is 12.8 Å². The Morgan fingerprint density at radius 2 is 2.19 bits per heavy atom. The van der Waals surface area contributed by atoms with Gasteiger partial charge < -0.3 is 24.8 Å². The third-order valence-electron chi connectivity index (χ3n) is 5.77. The average Bonchev–Trinajstić information content (AvgIpc) is 3.20. The van der Waals surface area contributed by atoms with Crippen molar-refractivity contribution in [3.8, 4) is 0 Å². The van der Waals surface area contributed by atoms with Gasteiger partial charge in [0.05, 0.1) is 31.2 Å². The number of unbranched alkanes of at least 4 members (excludes halogenated alkanes) is 1. The SMILES string of the molecule is CCCCNC(=O)[C@H]1N(CCO)C(=O)[C@@H]2[C@@H](C(=O)OCC)[C@@H]3O[C@@]21CC3Br. The van der Waals surface area contributed by atoms with E-state index < -0.39 is 35.6 Å². The minimum absolute atomic E-state index is 0.0273. The molecule has 0 aliphatic carbocycles. The number of hydrogen-bond donors (Lipinski definition) is 2. The number of carbonyl (C=O) groups excluding carboxylic acids is 3. The van der Waals surface area contributed by atoms with Crippen LogP contribution < -0.4 is 5.32 Å². The highest BCUT2D eigenvalue weighted by atomic mass is 79.9. The number of aliphatic hydroxyl groups is 1. The van der Waals surface area contributed by atoms with Crippen LogP contribution in [0.5, 0.6) is 0 Å². The monoisotopic (exact) mass is 446 g/mol. The zero-order chi connectivity index (χ0) is 19.8. The van der Waals surface area contributed by atoms with E-state index in [-0.39, 0.29) is 36.4 Å². The first kappa shape index (κ1) is 20.5. The molecule has 0 aromatic heterocycles. The molecule has 152 valence electrons. The van der Waals surface area contributed by atoms with Gasteiger partial charge in [0.25, 0.3) is 0 Å². The predicted molar refractivity (Wildman–Crippen MR) is 99.1 cm³/mol. The number of likely N-dealkylation sites (tertiary alicyclic amines) is 1. The van der Waals surface area contributed by atoms with Crippen LogP contribution in [0.1, 0.15) is 33.1 Å². The van der Waals surface area contributed by atoms with Crippen molar-refractivity contribution in [3.63, 3.8) is 0 Å². The van der Waals surface area contributed by atoms with Gasteiger partial charge in [0.1, 0.15) is 11.6 Å². The predicted octanol–water partition coefficient (Wildman–Crippen LogP) is 0.206. The molecule has 27 heavy (non-hydrogen) atoms. The molecule has 1 spiro atoms. The van der Waals surface area contributed by atoms with Crippen molar-refractivity contribution in [2.75, 3.05) is 26.3 Å². The number of amides is 2. The first-order valence-electron chi connectivity index (χ1n) is 9.60. The van der Waals surface area contributed by atoms with Crippen molar-refractivity contribution < 1.29 is 29.0 Å². The van der Waals surface area contributed by atoms with E-state index in [1.807, 2.05) is 6.92 Å². The van der Waals surface area contributed by atoms with Crippen LogP contribution in [0, 0.1) is 11.8 Å². The quantitative estimate of drug-likeness (QED) is 0.313. The van der Waals surface area contributed by atoms with Crippen molar-refractivity contribution in [1.29, 1.82) is 0 Å². The molecule has 3 fully saturated rings. The van der Waals surface area contributed by atoms with Crippen LogP contribution in [0.25, 0.3) is 0 Å². The molecule has 0 aromatic rings. The summed E-state index contributed by atoms with van der Waals surface area (Å²) in [4.78, 5) is 40.0. The number of halogens is 1. The number of rotatable bonds is 8. The van der Waals surface area contributed by atoms with Crippen molar-refractivity contribution in [2.24, 2.45) is 11.8 Å². The summed E-state index contributed by atoms with van der Waals surface area (Å²) in [5.41, 5.74) is -1.07. The highest BCUT2D eigenvalue weighted by Crippen LogP contribution is 2.60. The Balaban J connectivity index is 1.95. The zero-order valence-electron chi connectivity index (χ0n) is 15.7. The van der Waals surface area contributed by atoms with E-state index >= 15 is 0 Å². The van der Waals surface area contributed by atoms with Crippen molar-refractivity contribution in [3.05, 3.63) is 0 Å². The van der Waals surface area contributed by atoms with Gasteiger partial charge in [0.2, 0.25) is 11.8 Å². The molecule has 3 aliphatic rings. The summed E-state index contributed by atoms with van der Waals surface area (Å²) in [5, 5.41) is 12.3. The molecule has 8 nitrogen and oxygen atoms in total. The van der Waals surface area contributed by atoms with Gasteiger partial charge in [0, 0.05) is 17.9 Å². The summed E-state index contributed by atoms with van der Waals surface area (Å²) in [5.74, 6) is -2.59. The molecule has 2 bridgehead atoms. The Morgan fingerprint density at radius 1 is 1.44 bits per heavy atom. The van der Waals surface area contributed by atoms with Gasteiger partial charge in [-0.2, -0.15) is 0 Å². The molecule has 2 N–H and O–H groups in total. The number of aliphatic hydroxyl groups excluding tert-OH is 1. The van der Waals surface area contributed by atoms with E-state index in [9.17, 15) is 19.5 Å². The second-order valence-corrected chi connectivity index (χ2v) is 8.49. The largest absolute Gasteiger partial charge is 0.466 e. The van der Waals surface area contributed by atoms with Gasteiger partial charge in [0.15, 0.2) is 0 Å². The topological polar surface area (TPSA) is 105 Å². The van der Waals surface area contributed by atoms with Crippen LogP contribution in [-0.2, 0) is 23.9 Å². The van der Waals surface area contributed by atoms with Gasteiger partial charge in [-0.3, -0.25) is 14.4 Å². The van der Waals surface area contributed by atoms with Gasteiger partial charge in [-0.25, -0.2) is 0 Å². The van der Waals surface area contributed by atoms with Crippen molar-refractivity contribution >= 4 is 33.7 Å². The lowest BCUT2D eigenvalue weighted by atomic mass is 9.70. The first-order valence-corrected chi connectivity index (χ1v) is 10.5. The van der Waals surface area contributed by atoms with Gasteiger partial charge in [-0.1, -0.05) is 29.3 Å².